The zero-order valence-corrected chi connectivity index (χ0v) is 16.2. The molecule has 0 heterocycles. The van der Waals surface area contributed by atoms with Crippen LogP contribution >= 0.6 is 0 Å². The van der Waals surface area contributed by atoms with Crippen molar-refractivity contribution in [3.63, 3.8) is 0 Å². The van der Waals surface area contributed by atoms with E-state index in [1.165, 1.54) is 19.3 Å². The van der Waals surface area contributed by atoms with Gasteiger partial charge in [-0.2, -0.15) is 0 Å². The van der Waals surface area contributed by atoms with E-state index in [1.54, 1.807) is 5.57 Å². The van der Waals surface area contributed by atoms with Gasteiger partial charge in [0.05, 0.1) is 0 Å². The Morgan fingerprint density at radius 2 is 1.10 bits per heavy atom. The Labute approximate surface area is 129 Å². The van der Waals surface area contributed by atoms with Crippen molar-refractivity contribution in [2.75, 3.05) is 0 Å². The normalized spacial score (nSPS) is 15.7. The predicted octanol–water partition coefficient (Wildman–Crippen LogP) is 7.25. The quantitative estimate of drug-likeness (QED) is 0.465. The Morgan fingerprint density at radius 3 is 1.45 bits per heavy atom. The fraction of sp³-hybridized carbons (Fsp3) is 0.900. The molecular formula is C20H40. The van der Waals surface area contributed by atoms with Crippen LogP contribution in [0.4, 0.5) is 0 Å². The molecule has 0 spiro atoms. The number of allylic oxidation sites excluding steroid dienone is 2. The van der Waals surface area contributed by atoms with Crippen molar-refractivity contribution >= 4 is 0 Å². The maximum atomic E-state index is 2.52. The Balaban J connectivity index is 4.82. The summed E-state index contributed by atoms with van der Waals surface area (Å²) in [5.41, 5.74) is 3.02. The van der Waals surface area contributed by atoms with E-state index in [9.17, 15) is 0 Å². The summed E-state index contributed by atoms with van der Waals surface area (Å²) in [6.45, 7) is 25.9. The monoisotopic (exact) mass is 280 g/mol. The average molecular weight is 281 g/mol. The highest BCUT2D eigenvalue weighted by atomic mass is 14.3. The van der Waals surface area contributed by atoms with Crippen molar-refractivity contribution in [1.82, 2.24) is 0 Å². The van der Waals surface area contributed by atoms with Gasteiger partial charge in [-0.05, 0) is 47.8 Å². The zero-order chi connectivity index (χ0) is 16.4. The lowest BCUT2D eigenvalue weighted by Crippen LogP contribution is -2.22. The van der Waals surface area contributed by atoms with Crippen molar-refractivity contribution in [2.24, 2.45) is 21.7 Å². The second-order valence-corrected chi connectivity index (χ2v) is 10.8. The van der Waals surface area contributed by atoms with E-state index < -0.39 is 0 Å². The number of rotatable bonds is 5. The van der Waals surface area contributed by atoms with Gasteiger partial charge in [-0.25, -0.2) is 0 Å². The lowest BCUT2D eigenvalue weighted by Gasteiger charge is -2.34. The molecule has 0 heteroatoms. The van der Waals surface area contributed by atoms with Gasteiger partial charge in [-0.3, -0.25) is 0 Å². The van der Waals surface area contributed by atoms with Crippen LogP contribution in [0.2, 0.25) is 0 Å². The zero-order valence-electron chi connectivity index (χ0n) is 16.2. The Bertz CT molecular complexity index is 326. The van der Waals surface area contributed by atoms with E-state index in [-0.39, 0.29) is 0 Å². The number of hydrogen-bond acceptors (Lipinski definition) is 0. The molecule has 0 aliphatic carbocycles. The second-order valence-electron chi connectivity index (χ2n) is 10.8. The minimum atomic E-state index is 0.292. The van der Waals surface area contributed by atoms with Crippen LogP contribution in [0.1, 0.15) is 95.4 Å². The molecule has 0 saturated heterocycles. The van der Waals surface area contributed by atoms with E-state index in [0.29, 0.717) is 21.7 Å². The fourth-order valence-corrected chi connectivity index (χ4v) is 4.39. The average Bonchev–Trinajstić information content (AvgIpc) is 1.86. The van der Waals surface area contributed by atoms with Gasteiger partial charge >= 0.3 is 0 Å². The van der Waals surface area contributed by atoms with Gasteiger partial charge in [-0.1, -0.05) is 80.9 Å². The molecule has 0 bridgehead atoms. The first-order valence-electron chi connectivity index (χ1n) is 8.20. The lowest BCUT2D eigenvalue weighted by atomic mass is 9.71. The largest absolute Gasteiger partial charge is 0.0799 e. The highest BCUT2D eigenvalue weighted by molar-refractivity contribution is 5.08. The van der Waals surface area contributed by atoms with Crippen molar-refractivity contribution in [3.8, 4) is 0 Å². The fourth-order valence-electron chi connectivity index (χ4n) is 4.39. The molecule has 0 rings (SSSR count). The molecule has 20 heavy (non-hydrogen) atoms. The van der Waals surface area contributed by atoms with E-state index in [2.05, 4.69) is 82.2 Å². The Kier molecular flexibility index (Phi) is 6.16. The molecule has 0 aromatic rings. The molecule has 0 aliphatic heterocycles. The number of hydrogen-bond donors (Lipinski definition) is 0. The SMILES string of the molecule is C/C(=C\C(C)(C)CC(C)(C)C)CC(C)(C)CC(C)(C)C. The van der Waals surface area contributed by atoms with Gasteiger partial charge in [0.2, 0.25) is 0 Å². The summed E-state index contributed by atoms with van der Waals surface area (Å²) in [6.07, 6.45) is 6.22. The molecular weight excluding hydrogens is 240 g/mol. The van der Waals surface area contributed by atoms with Crippen LogP contribution in [-0.4, -0.2) is 0 Å². The molecule has 120 valence electrons. The van der Waals surface area contributed by atoms with Gasteiger partial charge in [0.15, 0.2) is 0 Å². The second kappa shape index (κ2) is 6.24. The molecule has 0 amide bonds. The molecule has 0 nitrogen and oxygen atoms in total. The van der Waals surface area contributed by atoms with Crippen LogP contribution in [0.3, 0.4) is 0 Å². The molecule has 0 fully saturated rings. The van der Waals surface area contributed by atoms with Gasteiger partial charge in [0.25, 0.3) is 0 Å². The first-order chi connectivity index (χ1) is 8.52. The lowest BCUT2D eigenvalue weighted by molar-refractivity contribution is 0.209. The van der Waals surface area contributed by atoms with E-state index in [0.717, 1.165) is 0 Å². The molecule has 0 atom stereocenters. The Hall–Kier alpha value is -0.260. The van der Waals surface area contributed by atoms with Crippen molar-refractivity contribution in [3.05, 3.63) is 11.6 Å². The van der Waals surface area contributed by atoms with Gasteiger partial charge in [0.1, 0.15) is 0 Å². The van der Waals surface area contributed by atoms with Crippen molar-refractivity contribution < 1.29 is 0 Å². The molecule has 0 radical (unpaired) electrons. The highest BCUT2D eigenvalue weighted by Gasteiger charge is 2.27. The van der Waals surface area contributed by atoms with Crippen molar-refractivity contribution in [1.29, 1.82) is 0 Å². The third kappa shape index (κ3) is 10.5. The molecule has 0 aromatic carbocycles. The van der Waals surface area contributed by atoms with Gasteiger partial charge < -0.3 is 0 Å². The van der Waals surface area contributed by atoms with E-state index in [1.807, 2.05) is 0 Å². The molecule has 0 aliphatic rings. The standard InChI is InChI=1S/C20H40/c1-16(12-19(8,9)14-17(2,3)4)13-20(10,11)15-18(5,6)7/h12H,13-15H2,1-11H3/b16-12+. The van der Waals surface area contributed by atoms with Crippen LogP contribution in [0.5, 0.6) is 0 Å². The van der Waals surface area contributed by atoms with Crippen LogP contribution in [0, 0.1) is 21.7 Å². The Morgan fingerprint density at radius 1 is 0.700 bits per heavy atom. The topological polar surface area (TPSA) is 0 Å². The molecule has 0 N–H and O–H groups in total. The summed E-state index contributed by atoms with van der Waals surface area (Å²) in [5.74, 6) is 0. The minimum Gasteiger partial charge on any atom is -0.0799 e. The summed E-state index contributed by atoms with van der Waals surface area (Å²) >= 11 is 0. The summed E-state index contributed by atoms with van der Waals surface area (Å²) in [5, 5.41) is 0. The molecule has 0 saturated carbocycles. The first kappa shape index (κ1) is 19.7. The molecule has 0 unspecified atom stereocenters. The maximum Gasteiger partial charge on any atom is -0.0167 e. The summed E-state index contributed by atoms with van der Waals surface area (Å²) in [7, 11) is 0. The van der Waals surface area contributed by atoms with Crippen molar-refractivity contribution in [2.45, 2.75) is 95.4 Å². The summed E-state index contributed by atoms with van der Waals surface area (Å²) in [4.78, 5) is 0. The van der Waals surface area contributed by atoms with Crippen LogP contribution in [0.25, 0.3) is 0 Å². The summed E-state index contributed by atoms with van der Waals surface area (Å²) < 4.78 is 0. The summed E-state index contributed by atoms with van der Waals surface area (Å²) in [6, 6.07) is 0. The molecule has 0 aromatic heterocycles. The minimum absolute atomic E-state index is 0.292. The van der Waals surface area contributed by atoms with Crippen LogP contribution in [0.15, 0.2) is 11.6 Å². The third-order valence-electron chi connectivity index (χ3n) is 3.39. The van der Waals surface area contributed by atoms with E-state index in [4.69, 9.17) is 0 Å². The van der Waals surface area contributed by atoms with Gasteiger partial charge in [0, 0.05) is 0 Å². The highest BCUT2D eigenvalue weighted by Crippen LogP contribution is 2.40. The van der Waals surface area contributed by atoms with E-state index >= 15 is 0 Å². The van der Waals surface area contributed by atoms with Gasteiger partial charge in [-0.15, -0.1) is 0 Å². The first-order valence-corrected chi connectivity index (χ1v) is 8.20. The van der Waals surface area contributed by atoms with Crippen LogP contribution < -0.4 is 0 Å². The third-order valence-corrected chi connectivity index (χ3v) is 3.39. The smallest absolute Gasteiger partial charge is 0.0167 e. The van der Waals surface area contributed by atoms with Crippen LogP contribution in [-0.2, 0) is 0 Å². The maximum absolute atomic E-state index is 2.52. The predicted molar refractivity (Wildman–Crippen MR) is 94.1 cm³/mol.